The summed E-state index contributed by atoms with van der Waals surface area (Å²) >= 11 is 0. The maximum absolute atomic E-state index is 3.91. The molecule has 0 aromatic heterocycles. The molecule has 0 N–H and O–H groups in total. The van der Waals surface area contributed by atoms with Crippen LogP contribution < -0.4 is 0 Å². The molecule has 2 heteroatoms. The fraction of sp³-hybridized carbons (Fsp3) is 0.321. The molecule has 0 spiro atoms. The SMILES string of the molecule is CC(C)[Si](C#CC(=C=C=C(C#CC(=C=C=C(C#C[Si](C(C)C)(C(C)C)C(C)C)c1ccccc1)c1ccccc1)c1ccccc1)c1ccccc1)(C(C)C)C(C)C. The molecule has 0 unspecified atom stereocenters. The fourth-order valence-corrected chi connectivity index (χ4v) is 19.1. The van der Waals surface area contributed by atoms with Crippen LogP contribution in [0.1, 0.15) is 105 Å². The Bertz CT molecular complexity index is 2170. The van der Waals surface area contributed by atoms with Crippen LogP contribution in [0.5, 0.6) is 0 Å². The summed E-state index contributed by atoms with van der Waals surface area (Å²) < 4.78 is 0. The van der Waals surface area contributed by atoms with Gasteiger partial charge >= 0.3 is 0 Å². The summed E-state index contributed by atoms with van der Waals surface area (Å²) in [5.41, 5.74) is 32.1. The van der Waals surface area contributed by atoms with Gasteiger partial charge in [0.05, 0.1) is 22.3 Å². The summed E-state index contributed by atoms with van der Waals surface area (Å²) in [5.74, 6) is 14.3. The Balaban J connectivity index is 2.12. The molecule has 0 aliphatic rings. The highest BCUT2D eigenvalue weighted by molar-refractivity contribution is 6.91. The number of allylic oxidation sites excluding steroid dienone is 4. The zero-order valence-electron chi connectivity index (χ0n) is 37.0. The topological polar surface area (TPSA) is 0 Å². The lowest BCUT2D eigenvalue weighted by molar-refractivity contribution is 0.838. The van der Waals surface area contributed by atoms with E-state index in [2.05, 4.69) is 214 Å². The molecule has 4 aromatic rings. The molecule has 0 fully saturated rings. The van der Waals surface area contributed by atoms with Gasteiger partial charge in [0.1, 0.15) is 16.1 Å². The van der Waals surface area contributed by atoms with Crippen LogP contribution >= 0.6 is 0 Å². The second-order valence-electron chi connectivity index (χ2n) is 17.0. The molecular formula is C56H62Si2. The van der Waals surface area contributed by atoms with Crippen molar-refractivity contribution in [3.8, 4) is 34.8 Å². The standard InChI is InChI=1S/C56H62Si2/c1-43(2)57(44(3)4,45(5)6)41-39-55(51-29-21-15-22-30-51)37-35-53(49-25-17-13-18-26-49)33-34-54(50-27-19-14-20-28-50)36-38-56(52-31-23-16-24-32-52)40-42-58(46(7)8,47(9)10)48(11)12/h13-32,43-48H,1-12H3. The molecule has 0 saturated heterocycles. The highest BCUT2D eigenvalue weighted by Gasteiger charge is 2.42. The van der Waals surface area contributed by atoms with E-state index in [9.17, 15) is 0 Å². The van der Waals surface area contributed by atoms with Gasteiger partial charge in [0.25, 0.3) is 0 Å². The molecule has 0 atom stereocenters. The molecule has 0 bridgehead atoms. The highest BCUT2D eigenvalue weighted by Crippen LogP contribution is 2.42. The van der Waals surface area contributed by atoms with Crippen LogP contribution in [0.15, 0.2) is 144 Å². The van der Waals surface area contributed by atoms with E-state index in [1.807, 2.05) is 48.5 Å². The first kappa shape index (κ1) is 45.3. The monoisotopic (exact) mass is 790 g/mol. The molecule has 0 amide bonds. The van der Waals surface area contributed by atoms with Gasteiger partial charge in [-0.05, 0) is 55.5 Å². The van der Waals surface area contributed by atoms with Crippen molar-refractivity contribution in [2.24, 2.45) is 0 Å². The van der Waals surface area contributed by atoms with Gasteiger partial charge in [0, 0.05) is 0 Å². The minimum atomic E-state index is -2.00. The van der Waals surface area contributed by atoms with Gasteiger partial charge in [-0.3, -0.25) is 0 Å². The molecule has 0 aliphatic heterocycles. The molecule has 0 nitrogen and oxygen atoms in total. The van der Waals surface area contributed by atoms with Gasteiger partial charge in [-0.15, -0.1) is 11.1 Å². The van der Waals surface area contributed by atoms with Crippen LogP contribution in [0.2, 0.25) is 33.2 Å². The average molecular weight is 791 g/mol. The summed E-state index contributed by atoms with van der Waals surface area (Å²) in [7, 11) is -4.00. The lowest BCUT2D eigenvalue weighted by Crippen LogP contribution is -2.43. The largest absolute Gasteiger partial charge is 0.146 e. The van der Waals surface area contributed by atoms with Crippen molar-refractivity contribution < 1.29 is 0 Å². The van der Waals surface area contributed by atoms with Crippen molar-refractivity contribution in [2.75, 3.05) is 0 Å². The molecule has 4 rings (SSSR count). The van der Waals surface area contributed by atoms with Gasteiger partial charge in [-0.2, -0.15) is 0 Å². The van der Waals surface area contributed by atoms with Gasteiger partial charge in [0.15, 0.2) is 0 Å². The smallest absolute Gasteiger partial charge is 0.124 e. The number of hydrogen-bond donors (Lipinski definition) is 0. The first-order valence-corrected chi connectivity index (χ1v) is 25.5. The predicted molar refractivity (Wildman–Crippen MR) is 259 cm³/mol. The Kier molecular flexibility index (Phi) is 16.7. The summed E-state index contributed by atoms with van der Waals surface area (Å²) in [6.45, 7) is 28.2. The van der Waals surface area contributed by atoms with Crippen molar-refractivity contribution in [3.63, 3.8) is 0 Å². The lowest BCUT2D eigenvalue weighted by Gasteiger charge is -2.38. The van der Waals surface area contributed by atoms with Crippen molar-refractivity contribution >= 4 is 38.4 Å². The summed E-state index contributed by atoms with van der Waals surface area (Å²) in [5, 5.41) is 0. The van der Waals surface area contributed by atoms with Gasteiger partial charge in [-0.25, -0.2) is 0 Å². The van der Waals surface area contributed by atoms with E-state index in [-0.39, 0.29) is 0 Å². The van der Waals surface area contributed by atoms with E-state index >= 15 is 0 Å². The number of benzene rings is 4. The van der Waals surface area contributed by atoms with E-state index in [0.717, 1.165) is 44.5 Å². The molecule has 0 heterocycles. The number of hydrogen-bond acceptors (Lipinski definition) is 0. The third-order valence-electron chi connectivity index (χ3n) is 11.7. The zero-order chi connectivity index (χ0) is 42.3. The van der Waals surface area contributed by atoms with E-state index < -0.39 is 16.1 Å². The molecule has 4 aromatic carbocycles. The molecular weight excluding hydrogens is 729 g/mol. The quantitative estimate of drug-likeness (QED) is 0.0853. The van der Waals surface area contributed by atoms with E-state index in [1.165, 1.54) is 0 Å². The minimum Gasteiger partial charge on any atom is -0.124 e. The first-order chi connectivity index (χ1) is 27.7. The Morgan fingerprint density at radius 3 is 0.672 bits per heavy atom. The second-order valence-corrected chi connectivity index (χ2v) is 28.2. The van der Waals surface area contributed by atoms with Crippen molar-refractivity contribution in [1.82, 2.24) is 0 Å². The normalized spacial score (nSPS) is 11.0. The molecule has 294 valence electrons. The Morgan fingerprint density at radius 1 is 0.293 bits per heavy atom. The lowest BCUT2D eigenvalue weighted by atomic mass is 10.0. The molecule has 58 heavy (non-hydrogen) atoms. The van der Waals surface area contributed by atoms with E-state index in [1.54, 1.807) is 0 Å². The fourth-order valence-electron chi connectivity index (χ4n) is 8.70. The van der Waals surface area contributed by atoms with E-state index in [4.69, 9.17) is 0 Å². The van der Waals surface area contributed by atoms with Crippen LogP contribution in [-0.4, -0.2) is 16.1 Å². The van der Waals surface area contributed by atoms with Crippen molar-refractivity contribution in [1.29, 1.82) is 0 Å². The zero-order valence-corrected chi connectivity index (χ0v) is 39.0. The maximum Gasteiger partial charge on any atom is 0.146 e. The van der Waals surface area contributed by atoms with Crippen LogP contribution in [0.3, 0.4) is 0 Å². The Hall–Kier alpha value is -5.41. The van der Waals surface area contributed by atoms with Crippen LogP contribution in [0, 0.1) is 34.8 Å². The molecule has 0 saturated carbocycles. The first-order valence-electron chi connectivity index (χ1n) is 21.1. The van der Waals surface area contributed by atoms with Gasteiger partial charge in [0.2, 0.25) is 0 Å². The van der Waals surface area contributed by atoms with Crippen molar-refractivity contribution in [3.05, 3.63) is 167 Å². The Labute approximate surface area is 354 Å². The van der Waals surface area contributed by atoms with Crippen LogP contribution in [0.25, 0.3) is 22.3 Å². The third kappa shape index (κ3) is 11.2. The summed E-state index contributed by atoms with van der Waals surface area (Å²) in [4.78, 5) is 0. The van der Waals surface area contributed by atoms with Crippen LogP contribution in [0.4, 0.5) is 0 Å². The third-order valence-corrected chi connectivity index (χ3v) is 24.3. The van der Waals surface area contributed by atoms with Gasteiger partial charge in [-0.1, -0.05) is 251 Å². The summed E-state index contributed by atoms with van der Waals surface area (Å²) in [6.07, 6.45) is 0. The highest BCUT2D eigenvalue weighted by atomic mass is 28.3. The van der Waals surface area contributed by atoms with Crippen molar-refractivity contribution in [2.45, 2.75) is 116 Å². The molecule has 0 aliphatic carbocycles. The Morgan fingerprint density at radius 2 is 0.483 bits per heavy atom. The predicted octanol–water partition coefficient (Wildman–Crippen LogP) is 15.3. The van der Waals surface area contributed by atoms with E-state index in [0.29, 0.717) is 33.2 Å². The minimum absolute atomic E-state index is 0.520. The second kappa shape index (κ2) is 21.4. The molecule has 0 radical (unpaired) electrons. The van der Waals surface area contributed by atoms with Gasteiger partial charge < -0.3 is 0 Å². The number of rotatable bonds is 10. The van der Waals surface area contributed by atoms with Crippen LogP contribution in [-0.2, 0) is 0 Å². The average Bonchev–Trinajstić information content (AvgIpc) is 3.21. The summed E-state index contributed by atoms with van der Waals surface area (Å²) in [6, 6.07) is 41.2. The maximum atomic E-state index is 3.91.